The maximum absolute atomic E-state index is 5.31. The first-order valence-corrected chi connectivity index (χ1v) is 5.19. The molecule has 2 heterocycles. The van der Waals surface area contributed by atoms with Crippen LogP contribution in [-0.4, -0.2) is 18.2 Å². The number of fused-ring (bicyclic) bond motifs is 1. The van der Waals surface area contributed by atoms with Crippen molar-refractivity contribution in [3.05, 3.63) is 23.6 Å². The molecule has 14 heavy (non-hydrogen) atoms. The van der Waals surface area contributed by atoms with E-state index in [4.69, 9.17) is 4.52 Å². The van der Waals surface area contributed by atoms with Crippen molar-refractivity contribution >= 4 is 5.57 Å². The fourth-order valence-corrected chi connectivity index (χ4v) is 2.56. The van der Waals surface area contributed by atoms with E-state index in [0.29, 0.717) is 5.92 Å². The van der Waals surface area contributed by atoms with Gasteiger partial charge in [-0.25, -0.2) is 0 Å². The second kappa shape index (κ2) is 2.95. The molecule has 0 radical (unpaired) electrons. The zero-order valence-corrected chi connectivity index (χ0v) is 8.29. The van der Waals surface area contributed by atoms with Crippen LogP contribution in [0.15, 0.2) is 16.7 Å². The Balaban J connectivity index is 1.92. The minimum atomic E-state index is 0.655. The van der Waals surface area contributed by atoms with Gasteiger partial charge in [0.25, 0.3) is 0 Å². The number of aryl methyl sites for hydroxylation is 1. The Morgan fingerprint density at radius 3 is 3.21 bits per heavy atom. The summed E-state index contributed by atoms with van der Waals surface area (Å²) in [6.07, 6.45) is 3.50. The van der Waals surface area contributed by atoms with Gasteiger partial charge in [-0.15, -0.1) is 0 Å². The molecule has 3 nitrogen and oxygen atoms in total. The van der Waals surface area contributed by atoms with E-state index in [-0.39, 0.29) is 0 Å². The lowest BCUT2D eigenvalue weighted by Gasteiger charge is -2.09. The molecule has 1 aromatic rings. The van der Waals surface area contributed by atoms with Crippen LogP contribution < -0.4 is 5.32 Å². The summed E-state index contributed by atoms with van der Waals surface area (Å²) >= 11 is 0. The van der Waals surface area contributed by atoms with E-state index in [9.17, 15) is 0 Å². The predicted molar refractivity (Wildman–Crippen MR) is 53.7 cm³/mol. The van der Waals surface area contributed by atoms with Crippen LogP contribution in [-0.2, 0) is 0 Å². The summed E-state index contributed by atoms with van der Waals surface area (Å²) < 4.78 is 5.31. The van der Waals surface area contributed by atoms with Crippen LogP contribution in [0.4, 0.5) is 0 Å². The van der Waals surface area contributed by atoms with Crippen molar-refractivity contribution in [3.63, 3.8) is 0 Å². The molecule has 1 saturated heterocycles. The van der Waals surface area contributed by atoms with E-state index in [1.54, 1.807) is 0 Å². The first-order chi connectivity index (χ1) is 6.84. The van der Waals surface area contributed by atoms with Crippen LogP contribution in [0, 0.1) is 18.8 Å². The van der Waals surface area contributed by atoms with Crippen LogP contribution in [0.25, 0.3) is 5.57 Å². The Kier molecular flexibility index (Phi) is 1.74. The molecule has 0 bridgehead atoms. The number of nitrogens with zero attached hydrogens (tertiary/aromatic N) is 1. The van der Waals surface area contributed by atoms with Gasteiger partial charge in [0.15, 0.2) is 5.76 Å². The third-order valence-electron chi connectivity index (χ3n) is 3.29. The molecule has 0 saturated carbocycles. The molecule has 3 rings (SSSR count). The SMILES string of the molecule is Cc1cc(C2=CC[C@H]3CNC[C@@H]23)on1. The van der Waals surface area contributed by atoms with Gasteiger partial charge in [-0.1, -0.05) is 11.2 Å². The molecule has 0 aromatic carbocycles. The highest BCUT2D eigenvalue weighted by atomic mass is 16.5. The predicted octanol–water partition coefficient (Wildman–Crippen LogP) is 1.61. The number of hydrogen-bond donors (Lipinski definition) is 1. The minimum Gasteiger partial charge on any atom is -0.356 e. The molecule has 1 aromatic heterocycles. The quantitative estimate of drug-likeness (QED) is 0.731. The van der Waals surface area contributed by atoms with Crippen molar-refractivity contribution in [1.82, 2.24) is 10.5 Å². The van der Waals surface area contributed by atoms with Crippen molar-refractivity contribution in [2.24, 2.45) is 11.8 Å². The number of aromatic nitrogens is 1. The van der Waals surface area contributed by atoms with Gasteiger partial charge < -0.3 is 9.84 Å². The number of allylic oxidation sites excluding steroid dienone is 1. The molecule has 3 heteroatoms. The van der Waals surface area contributed by atoms with E-state index in [0.717, 1.165) is 30.5 Å². The van der Waals surface area contributed by atoms with E-state index in [1.165, 1.54) is 12.0 Å². The summed E-state index contributed by atoms with van der Waals surface area (Å²) in [5.41, 5.74) is 2.33. The van der Waals surface area contributed by atoms with Gasteiger partial charge in [-0.05, 0) is 31.4 Å². The maximum atomic E-state index is 5.31. The van der Waals surface area contributed by atoms with Crippen molar-refractivity contribution in [3.8, 4) is 0 Å². The highest BCUT2D eigenvalue weighted by molar-refractivity contribution is 5.66. The third-order valence-corrected chi connectivity index (χ3v) is 3.29. The normalized spacial score (nSPS) is 30.5. The lowest BCUT2D eigenvalue weighted by Crippen LogP contribution is -2.09. The number of rotatable bonds is 1. The lowest BCUT2D eigenvalue weighted by molar-refractivity contribution is 0.399. The average Bonchev–Trinajstić information content (AvgIpc) is 2.77. The Hall–Kier alpha value is -1.09. The van der Waals surface area contributed by atoms with Crippen molar-refractivity contribution in [1.29, 1.82) is 0 Å². The van der Waals surface area contributed by atoms with Gasteiger partial charge in [-0.3, -0.25) is 0 Å². The molecule has 1 fully saturated rings. The monoisotopic (exact) mass is 190 g/mol. The van der Waals surface area contributed by atoms with Gasteiger partial charge in [-0.2, -0.15) is 0 Å². The molecule has 2 atom stereocenters. The van der Waals surface area contributed by atoms with Gasteiger partial charge in [0.1, 0.15) is 0 Å². The second-order valence-corrected chi connectivity index (χ2v) is 4.25. The van der Waals surface area contributed by atoms with Crippen molar-refractivity contribution in [2.75, 3.05) is 13.1 Å². The lowest BCUT2D eigenvalue weighted by atomic mass is 9.93. The Morgan fingerprint density at radius 1 is 1.50 bits per heavy atom. The molecule has 1 aliphatic heterocycles. The standard InChI is InChI=1S/C11H14N2O/c1-7-4-11(14-13-7)9-3-2-8-5-12-6-10(8)9/h3-4,8,10,12H,2,5-6H2,1H3/t8-,10+/m0/s1. The van der Waals surface area contributed by atoms with Crippen molar-refractivity contribution in [2.45, 2.75) is 13.3 Å². The van der Waals surface area contributed by atoms with E-state index < -0.39 is 0 Å². The molecular formula is C11H14N2O. The first-order valence-electron chi connectivity index (χ1n) is 5.19. The van der Waals surface area contributed by atoms with Gasteiger partial charge >= 0.3 is 0 Å². The highest BCUT2D eigenvalue weighted by Gasteiger charge is 2.35. The van der Waals surface area contributed by atoms with Crippen LogP contribution in [0.3, 0.4) is 0 Å². The molecule has 0 amide bonds. The van der Waals surface area contributed by atoms with Crippen LogP contribution in [0.5, 0.6) is 0 Å². The maximum Gasteiger partial charge on any atom is 0.163 e. The van der Waals surface area contributed by atoms with E-state index >= 15 is 0 Å². The number of hydrogen-bond acceptors (Lipinski definition) is 3. The molecule has 74 valence electrons. The summed E-state index contributed by atoms with van der Waals surface area (Å²) in [6.45, 7) is 4.21. The fourth-order valence-electron chi connectivity index (χ4n) is 2.56. The summed E-state index contributed by atoms with van der Waals surface area (Å²) in [5.74, 6) is 2.41. The molecule has 2 aliphatic rings. The first kappa shape index (κ1) is 8.24. The molecule has 0 spiro atoms. The molecular weight excluding hydrogens is 176 g/mol. The minimum absolute atomic E-state index is 0.655. The van der Waals surface area contributed by atoms with Crippen LogP contribution in [0.1, 0.15) is 17.9 Å². The van der Waals surface area contributed by atoms with E-state index in [2.05, 4.69) is 16.5 Å². The Morgan fingerprint density at radius 2 is 2.43 bits per heavy atom. The zero-order chi connectivity index (χ0) is 9.54. The van der Waals surface area contributed by atoms with Gasteiger partial charge in [0.2, 0.25) is 0 Å². The third kappa shape index (κ3) is 1.12. The van der Waals surface area contributed by atoms with Crippen LogP contribution >= 0.6 is 0 Å². The Labute approximate surface area is 83.2 Å². The summed E-state index contributed by atoms with van der Waals surface area (Å²) in [7, 11) is 0. The van der Waals surface area contributed by atoms with Crippen molar-refractivity contribution < 1.29 is 4.52 Å². The summed E-state index contributed by atoms with van der Waals surface area (Å²) in [5, 5.41) is 7.37. The van der Waals surface area contributed by atoms with Crippen LogP contribution in [0.2, 0.25) is 0 Å². The molecule has 1 N–H and O–H groups in total. The molecule has 0 unspecified atom stereocenters. The zero-order valence-electron chi connectivity index (χ0n) is 8.29. The van der Waals surface area contributed by atoms with E-state index in [1.807, 2.05) is 13.0 Å². The average molecular weight is 190 g/mol. The Bertz CT molecular complexity index is 380. The van der Waals surface area contributed by atoms with Gasteiger partial charge in [0, 0.05) is 18.5 Å². The fraction of sp³-hybridized carbons (Fsp3) is 0.545. The van der Waals surface area contributed by atoms with Gasteiger partial charge in [0.05, 0.1) is 5.69 Å². The molecule has 1 aliphatic carbocycles. The highest BCUT2D eigenvalue weighted by Crippen LogP contribution is 2.40. The summed E-state index contributed by atoms with van der Waals surface area (Å²) in [4.78, 5) is 0. The second-order valence-electron chi connectivity index (χ2n) is 4.25. The number of nitrogens with one attached hydrogen (secondary N) is 1. The smallest absolute Gasteiger partial charge is 0.163 e. The summed E-state index contributed by atoms with van der Waals surface area (Å²) in [6, 6.07) is 2.03. The topological polar surface area (TPSA) is 38.1 Å². The largest absolute Gasteiger partial charge is 0.356 e.